The van der Waals surface area contributed by atoms with E-state index >= 15 is 0 Å². The maximum absolute atomic E-state index is 13.3. The van der Waals surface area contributed by atoms with Gasteiger partial charge in [-0.3, -0.25) is 9.59 Å². The van der Waals surface area contributed by atoms with Gasteiger partial charge in [-0.05, 0) is 98.9 Å². The van der Waals surface area contributed by atoms with Crippen LogP contribution in [0, 0.1) is 35.5 Å². The van der Waals surface area contributed by atoms with Crippen LogP contribution in [0.5, 0.6) is 11.5 Å². The molecule has 232 valence electrons. The molecule has 42 heavy (non-hydrogen) atoms. The van der Waals surface area contributed by atoms with Crippen molar-refractivity contribution in [3.8, 4) is 23.3 Å². The van der Waals surface area contributed by atoms with Crippen LogP contribution in [0.15, 0.2) is 12.1 Å². The monoisotopic (exact) mass is 583 g/mol. The number of benzene rings is 1. The number of rotatable bonds is 13. The molecule has 1 heterocycles. The van der Waals surface area contributed by atoms with Crippen molar-refractivity contribution in [3.63, 3.8) is 0 Å². The average Bonchev–Trinajstić information content (AvgIpc) is 3.05. The molecular formula is C34H49NO7. The number of Topliss-reactive ketones (excluding diaryl/α,β-unsaturated/α-hetero) is 2. The molecule has 7 atom stereocenters. The summed E-state index contributed by atoms with van der Waals surface area (Å²) in [6.45, 7) is 1.07. The number of fused-ring (bicyclic) bond motifs is 2. The molecular weight excluding hydrogens is 534 g/mol. The van der Waals surface area contributed by atoms with Crippen LogP contribution in [0.4, 0.5) is 0 Å². The van der Waals surface area contributed by atoms with Gasteiger partial charge in [-0.1, -0.05) is 24.7 Å². The molecule has 5 N–H and O–H groups in total. The first kappa shape index (κ1) is 32.5. The number of methoxy groups -OCH3 is 1. The van der Waals surface area contributed by atoms with E-state index in [-0.39, 0.29) is 37.1 Å². The third-order valence-electron chi connectivity index (χ3n) is 9.79. The van der Waals surface area contributed by atoms with Crippen molar-refractivity contribution >= 4 is 11.6 Å². The lowest BCUT2D eigenvalue weighted by atomic mass is 9.70. The molecule has 1 aromatic rings. The Bertz CT molecular complexity index is 1120. The number of aryl methyl sites for hydroxylation is 1. The molecule has 2 aliphatic carbocycles. The van der Waals surface area contributed by atoms with Crippen molar-refractivity contribution in [2.45, 2.75) is 102 Å². The number of phenolic OH excluding ortho intramolecular Hbond substituents is 1. The zero-order chi connectivity index (χ0) is 30.1. The molecule has 0 aromatic heterocycles. The lowest BCUT2D eigenvalue weighted by Crippen LogP contribution is -2.50. The number of aliphatic hydroxyl groups is 3. The Morgan fingerprint density at radius 2 is 1.81 bits per heavy atom. The SMILES string of the molecule is COc1cc2c(cc1O)[C@H](CCCO)C#C[C@H]([C@H](O)CCC[C@H](CCCO)[C@@H]1CN[C@@H]3CC(=O)CC[C@@H]3C1)C(=O)CC2. The predicted molar refractivity (Wildman–Crippen MR) is 160 cm³/mol. The maximum Gasteiger partial charge on any atom is 0.160 e. The zero-order valence-electron chi connectivity index (χ0n) is 25.0. The normalized spacial score (nSPS) is 27.4. The minimum Gasteiger partial charge on any atom is -0.504 e. The Morgan fingerprint density at radius 3 is 2.57 bits per heavy atom. The van der Waals surface area contributed by atoms with Crippen LogP contribution in [-0.2, 0) is 16.0 Å². The number of hydrogen-bond acceptors (Lipinski definition) is 8. The summed E-state index contributed by atoms with van der Waals surface area (Å²) in [7, 11) is 1.49. The lowest BCUT2D eigenvalue weighted by Gasteiger charge is -2.42. The third-order valence-corrected chi connectivity index (χ3v) is 9.79. The van der Waals surface area contributed by atoms with E-state index in [1.807, 2.05) is 0 Å². The van der Waals surface area contributed by atoms with Crippen LogP contribution in [0.1, 0.15) is 94.1 Å². The summed E-state index contributed by atoms with van der Waals surface area (Å²) in [4.78, 5) is 25.2. The van der Waals surface area contributed by atoms with Crippen LogP contribution in [-0.4, -0.2) is 71.0 Å². The second-order valence-electron chi connectivity index (χ2n) is 12.6. The Kier molecular flexibility index (Phi) is 12.3. The van der Waals surface area contributed by atoms with Gasteiger partial charge in [0, 0.05) is 44.4 Å². The number of carbonyl (C=O) groups excluding carboxylic acids is 2. The molecule has 0 amide bonds. The molecule has 0 bridgehead atoms. The van der Waals surface area contributed by atoms with Gasteiger partial charge < -0.3 is 30.5 Å². The average molecular weight is 584 g/mol. The molecule has 2 fully saturated rings. The van der Waals surface area contributed by atoms with Crippen molar-refractivity contribution in [2.24, 2.45) is 23.7 Å². The number of aromatic hydroxyl groups is 1. The molecule has 8 heteroatoms. The summed E-state index contributed by atoms with van der Waals surface area (Å²) in [6.07, 6.45) is 8.16. The number of ether oxygens (including phenoxy) is 1. The smallest absolute Gasteiger partial charge is 0.160 e. The highest BCUT2D eigenvalue weighted by Gasteiger charge is 2.37. The van der Waals surface area contributed by atoms with Gasteiger partial charge in [0.2, 0.25) is 0 Å². The number of phenols is 1. The summed E-state index contributed by atoms with van der Waals surface area (Å²) < 4.78 is 5.30. The molecule has 3 aliphatic rings. The highest BCUT2D eigenvalue weighted by Crippen LogP contribution is 2.38. The fourth-order valence-corrected chi connectivity index (χ4v) is 7.37. The standard InChI is InChI=1S/C34H49NO7/c1-42-34-18-24-11-14-32(40)28(13-10-23(7-4-16-37)29(24)20-33(34)41)31(39)8-2-5-22(6-3-15-36)26-17-25-9-12-27(38)19-30(25)35-21-26/h18,20,22-23,25-26,28,30-31,35-37,39,41H,2-9,11-12,14-17,19,21H2,1H3/t22-,23-,25-,26+,28-,30-,31-/m1/s1. The minimum absolute atomic E-state index is 0.0191. The van der Waals surface area contributed by atoms with Gasteiger partial charge in [-0.15, -0.1) is 0 Å². The summed E-state index contributed by atoms with van der Waals surface area (Å²) in [5.74, 6) is 7.36. The number of carbonyl (C=O) groups is 2. The van der Waals surface area contributed by atoms with E-state index < -0.39 is 12.0 Å². The number of piperidine rings is 1. The van der Waals surface area contributed by atoms with E-state index in [9.17, 15) is 30.0 Å². The van der Waals surface area contributed by atoms with Crippen LogP contribution >= 0.6 is 0 Å². The maximum atomic E-state index is 13.3. The summed E-state index contributed by atoms with van der Waals surface area (Å²) in [5.41, 5.74) is 1.73. The van der Waals surface area contributed by atoms with Crippen LogP contribution in [0.3, 0.4) is 0 Å². The Morgan fingerprint density at radius 1 is 1.02 bits per heavy atom. The second kappa shape index (κ2) is 15.9. The molecule has 1 aromatic carbocycles. The summed E-state index contributed by atoms with van der Waals surface area (Å²) in [5, 5.41) is 44.3. The van der Waals surface area contributed by atoms with E-state index in [4.69, 9.17) is 4.74 Å². The number of ketones is 2. The van der Waals surface area contributed by atoms with Crippen molar-refractivity contribution in [2.75, 3.05) is 26.9 Å². The van der Waals surface area contributed by atoms with E-state index in [0.29, 0.717) is 73.9 Å². The van der Waals surface area contributed by atoms with E-state index in [1.54, 1.807) is 12.1 Å². The van der Waals surface area contributed by atoms with Crippen molar-refractivity contribution in [1.82, 2.24) is 5.32 Å². The Labute approximate surface area is 250 Å². The third kappa shape index (κ3) is 8.35. The first-order valence-corrected chi connectivity index (χ1v) is 15.9. The highest BCUT2D eigenvalue weighted by atomic mass is 16.5. The van der Waals surface area contributed by atoms with Crippen LogP contribution in [0.2, 0.25) is 0 Å². The van der Waals surface area contributed by atoms with Gasteiger partial charge in [-0.2, -0.15) is 0 Å². The topological polar surface area (TPSA) is 136 Å². The molecule has 1 saturated carbocycles. The number of nitrogens with one attached hydrogen (secondary N) is 1. The fourth-order valence-electron chi connectivity index (χ4n) is 7.37. The van der Waals surface area contributed by atoms with Gasteiger partial charge >= 0.3 is 0 Å². The van der Waals surface area contributed by atoms with Gasteiger partial charge in [0.25, 0.3) is 0 Å². The zero-order valence-corrected chi connectivity index (χ0v) is 25.0. The highest BCUT2D eigenvalue weighted by molar-refractivity contribution is 5.85. The van der Waals surface area contributed by atoms with Crippen molar-refractivity contribution < 1.29 is 34.8 Å². The van der Waals surface area contributed by atoms with Gasteiger partial charge in [0.05, 0.1) is 13.2 Å². The van der Waals surface area contributed by atoms with Crippen LogP contribution in [0.25, 0.3) is 0 Å². The number of hydrogen-bond donors (Lipinski definition) is 5. The molecule has 0 unspecified atom stereocenters. The summed E-state index contributed by atoms with van der Waals surface area (Å²) in [6, 6.07) is 3.72. The van der Waals surface area contributed by atoms with Crippen LogP contribution < -0.4 is 10.1 Å². The molecule has 4 rings (SSSR count). The summed E-state index contributed by atoms with van der Waals surface area (Å²) >= 11 is 0. The van der Waals surface area contributed by atoms with Crippen molar-refractivity contribution in [1.29, 1.82) is 0 Å². The quantitative estimate of drug-likeness (QED) is 0.222. The van der Waals surface area contributed by atoms with E-state index in [0.717, 1.165) is 56.2 Å². The lowest BCUT2D eigenvalue weighted by molar-refractivity contribution is -0.124. The molecule has 0 radical (unpaired) electrons. The fraction of sp³-hybridized carbons (Fsp3) is 0.706. The van der Waals surface area contributed by atoms with E-state index in [1.165, 1.54) is 7.11 Å². The van der Waals surface area contributed by atoms with Gasteiger partial charge in [-0.25, -0.2) is 0 Å². The molecule has 1 saturated heterocycles. The first-order chi connectivity index (χ1) is 20.3. The largest absolute Gasteiger partial charge is 0.504 e. The Balaban J connectivity index is 1.41. The molecule has 0 spiro atoms. The first-order valence-electron chi connectivity index (χ1n) is 15.9. The molecule has 8 nitrogen and oxygen atoms in total. The Hall–Kier alpha value is -2.44. The van der Waals surface area contributed by atoms with E-state index in [2.05, 4.69) is 17.2 Å². The van der Waals surface area contributed by atoms with Gasteiger partial charge in [0.15, 0.2) is 17.3 Å². The molecule has 1 aliphatic heterocycles. The minimum atomic E-state index is -0.871. The van der Waals surface area contributed by atoms with Crippen molar-refractivity contribution in [3.05, 3.63) is 23.3 Å². The number of aliphatic hydroxyl groups excluding tert-OH is 3. The second-order valence-corrected chi connectivity index (χ2v) is 12.6. The van der Waals surface area contributed by atoms with Gasteiger partial charge in [0.1, 0.15) is 11.7 Å². The predicted octanol–water partition coefficient (Wildman–Crippen LogP) is 3.66.